The summed E-state index contributed by atoms with van der Waals surface area (Å²) in [5.41, 5.74) is 23.6. The highest BCUT2D eigenvalue weighted by atomic mass is 16.3. The van der Waals surface area contributed by atoms with Crippen LogP contribution in [-0.2, 0) is 27.1 Å². The fraction of sp³-hybridized carbons (Fsp3) is 0.288. The van der Waals surface area contributed by atoms with E-state index in [0.29, 0.717) is 0 Å². The number of benzene rings is 7. The summed E-state index contributed by atoms with van der Waals surface area (Å²) in [6, 6.07) is 48.9. The van der Waals surface area contributed by atoms with E-state index in [0.717, 1.165) is 16.9 Å². The second-order valence-electron chi connectivity index (χ2n) is 21.9. The summed E-state index contributed by atoms with van der Waals surface area (Å²) in [6.07, 6.45) is 0. The SMILES string of the molecule is CC(C)(C)c1cc(C(C)(C)C)c2oc3c4c(ccc3c2c1)-c1cc(N(c2ccc3c(c2)C(C)(C)c2ccccc2-3)c2ccc3c(c2)C(C)(C)c2ccccc2-3)ccc1C4(C)C. The lowest BCUT2D eigenvalue weighted by Gasteiger charge is -2.30. The van der Waals surface area contributed by atoms with Gasteiger partial charge in [-0.25, -0.2) is 0 Å². The van der Waals surface area contributed by atoms with Gasteiger partial charge in [-0.2, -0.15) is 0 Å². The van der Waals surface area contributed by atoms with Crippen LogP contribution in [0, 0.1) is 0 Å². The second-order valence-corrected chi connectivity index (χ2v) is 21.9. The molecular formula is C59H57NO. The van der Waals surface area contributed by atoms with Crippen LogP contribution in [-0.4, -0.2) is 0 Å². The molecule has 1 aromatic heterocycles. The Morgan fingerprint density at radius 1 is 0.393 bits per heavy atom. The number of furan rings is 1. The molecule has 0 fully saturated rings. The van der Waals surface area contributed by atoms with Crippen LogP contribution >= 0.6 is 0 Å². The van der Waals surface area contributed by atoms with Gasteiger partial charge in [0.15, 0.2) is 0 Å². The molecule has 7 aromatic carbocycles. The molecule has 61 heavy (non-hydrogen) atoms. The highest BCUT2D eigenvalue weighted by molar-refractivity contribution is 6.10. The average molecular weight is 796 g/mol. The van der Waals surface area contributed by atoms with Crippen LogP contribution in [0.25, 0.3) is 55.3 Å². The number of nitrogens with zero attached hydrogens (tertiary/aromatic N) is 1. The first-order chi connectivity index (χ1) is 28.8. The highest BCUT2D eigenvalue weighted by Crippen LogP contribution is 2.57. The van der Waals surface area contributed by atoms with E-state index in [-0.39, 0.29) is 27.1 Å². The molecule has 0 saturated heterocycles. The van der Waals surface area contributed by atoms with E-state index in [1.54, 1.807) is 0 Å². The van der Waals surface area contributed by atoms with Crippen LogP contribution in [0.3, 0.4) is 0 Å². The third-order valence-electron chi connectivity index (χ3n) is 14.9. The Bertz CT molecular complexity index is 3080. The van der Waals surface area contributed by atoms with Crippen molar-refractivity contribution in [2.45, 2.75) is 110 Å². The van der Waals surface area contributed by atoms with E-state index in [2.05, 4.69) is 215 Å². The largest absolute Gasteiger partial charge is 0.455 e. The van der Waals surface area contributed by atoms with Crippen molar-refractivity contribution >= 4 is 39.0 Å². The van der Waals surface area contributed by atoms with Crippen molar-refractivity contribution in [2.75, 3.05) is 4.90 Å². The minimum Gasteiger partial charge on any atom is -0.455 e. The first-order valence-electron chi connectivity index (χ1n) is 22.3. The molecule has 2 heteroatoms. The van der Waals surface area contributed by atoms with Gasteiger partial charge in [0.2, 0.25) is 0 Å². The Kier molecular flexibility index (Phi) is 7.59. The fourth-order valence-electron chi connectivity index (χ4n) is 11.5. The number of fused-ring (bicyclic) bond motifs is 13. The van der Waals surface area contributed by atoms with Gasteiger partial charge in [0.1, 0.15) is 11.2 Å². The van der Waals surface area contributed by atoms with E-state index in [1.807, 2.05) is 0 Å². The van der Waals surface area contributed by atoms with Gasteiger partial charge in [-0.3, -0.25) is 0 Å². The van der Waals surface area contributed by atoms with E-state index in [1.165, 1.54) is 100 Å². The Labute approximate surface area is 362 Å². The minimum absolute atomic E-state index is 0.0173. The molecule has 11 rings (SSSR count). The lowest BCUT2D eigenvalue weighted by atomic mass is 9.79. The van der Waals surface area contributed by atoms with Crippen LogP contribution in [0.1, 0.15) is 128 Å². The van der Waals surface area contributed by atoms with Crippen molar-refractivity contribution in [1.82, 2.24) is 0 Å². The van der Waals surface area contributed by atoms with Crippen molar-refractivity contribution in [3.8, 4) is 33.4 Å². The summed E-state index contributed by atoms with van der Waals surface area (Å²) in [7, 11) is 0. The number of hydrogen-bond donors (Lipinski definition) is 0. The Balaban J connectivity index is 1.12. The molecule has 0 spiro atoms. The standard InChI is InChI=1S/C59H57NO/c1-55(2,3)34-29-45-43-27-26-42-44-31-35(23-28-48(44)59(11,12)52(42)54(43)61-53(45)51(30-34)56(4,5)6)60(36-21-24-40-38-17-13-15-19-46(38)57(7,8)49(40)32-36)37-22-25-41-39-18-14-16-20-47(39)58(9,10)50(41)33-37/h13-33H,1-12H3. The molecular weight excluding hydrogens is 739 g/mol. The highest BCUT2D eigenvalue weighted by Gasteiger charge is 2.41. The average Bonchev–Trinajstić information content (AvgIpc) is 3.85. The smallest absolute Gasteiger partial charge is 0.140 e. The number of hydrogen-bond acceptors (Lipinski definition) is 2. The summed E-state index contributed by atoms with van der Waals surface area (Å²) < 4.78 is 7.17. The van der Waals surface area contributed by atoms with Gasteiger partial charge in [0.05, 0.1) is 0 Å². The molecule has 0 saturated carbocycles. The summed E-state index contributed by atoms with van der Waals surface area (Å²) in [5, 5.41) is 2.42. The van der Waals surface area contributed by atoms with Crippen molar-refractivity contribution in [1.29, 1.82) is 0 Å². The van der Waals surface area contributed by atoms with Gasteiger partial charge in [-0.05, 0) is 126 Å². The van der Waals surface area contributed by atoms with E-state index >= 15 is 0 Å². The lowest BCUT2D eigenvalue weighted by Crippen LogP contribution is -2.18. The molecule has 3 aliphatic carbocycles. The lowest BCUT2D eigenvalue weighted by molar-refractivity contribution is 0.556. The molecule has 0 N–H and O–H groups in total. The van der Waals surface area contributed by atoms with Crippen molar-refractivity contribution < 1.29 is 4.42 Å². The molecule has 0 radical (unpaired) electrons. The zero-order valence-electron chi connectivity index (χ0n) is 38.0. The van der Waals surface area contributed by atoms with Crippen LogP contribution in [0.15, 0.2) is 132 Å². The van der Waals surface area contributed by atoms with Gasteiger partial charge >= 0.3 is 0 Å². The monoisotopic (exact) mass is 795 g/mol. The third kappa shape index (κ3) is 5.21. The topological polar surface area (TPSA) is 16.4 Å². The van der Waals surface area contributed by atoms with Crippen molar-refractivity contribution in [3.63, 3.8) is 0 Å². The first-order valence-corrected chi connectivity index (χ1v) is 22.3. The molecule has 0 unspecified atom stereocenters. The number of anilines is 3. The molecule has 0 aliphatic heterocycles. The van der Waals surface area contributed by atoms with Crippen molar-refractivity contribution in [2.24, 2.45) is 0 Å². The zero-order chi connectivity index (χ0) is 42.8. The molecule has 0 atom stereocenters. The van der Waals surface area contributed by atoms with Gasteiger partial charge in [0.25, 0.3) is 0 Å². The Morgan fingerprint density at radius 3 is 1.44 bits per heavy atom. The molecule has 8 aromatic rings. The number of rotatable bonds is 3. The fourth-order valence-corrected chi connectivity index (χ4v) is 11.5. The molecule has 1 heterocycles. The summed E-state index contributed by atoms with van der Waals surface area (Å²) in [6.45, 7) is 28.1. The van der Waals surface area contributed by atoms with Crippen LogP contribution in [0.4, 0.5) is 17.1 Å². The van der Waals surface area contributed by atoms with Gasteiger partial charge in [-0.1, -0.05) is 162 Å². The van der Waals surface area contributed by atoms with Crippen LogP contribution < -0.4 is 4.90 Å². The summed E-state index contributed by atoms with van der Waals surface area (Å²) >= 11 is 0. The van der Waals surface area contributed by atoms with Crippen molar-refractivity contribution in [3.05, 3.63) is 172 Å². The predicted octanol–water partition coefficient (Wildman–Crippen LogP) is 16.6. The molecule has 0 amide bonds. The predicted molar refractivity (Wildman–Crippen MR) is 258 cm³/mol. The molecule has 0 bridgehead atoms. The first kappa shape index (κ1) is 38.1. The second kappa shape index (κ2) is 12.2. The molecule has 3 aliphatic rings. The van der Waals surface area contributed by atoms with E-state index in [9.17, 15) is 0 Å². The normalized spacial score (nSPS) is 16.3. The van der Waals surface area contributed by atoms with Gasteiger partial charge in [-0.15, -0.1) is 0 Å². The zero-order valence-corrected chi connectivity index (χ0v) is 38.0. The Hall–Kier alpha value is -5.86. The Morgan fingerprint density at radius 2 is 0.885 bits per heavy atom. The molecule has 304 valence electrons. The van der Waals surface area contributed by atoms with E-state index < -0.39 is 0 Å². The van der Waals surface area contributed by atoms with Gasteiger partial charge in [0, 0.05) is 55.2 Å². The van der Waals surface area contributed by atoms with E-state index in [4.69, 9.17) is 4.42 Å². The minimum atomic E-state index is -0.261. The maximum absolute atomic E-state index is 7.17. The van der Waals surface area contributed by atoms with Crippen LogP contribution in [0.2, 0.25) is 0 Å². The summed E-state index contributed by atoms with van der Waals surface area (Å²) in [4.78, 5) is 2.51. The summed E-state index contributed by atoms with van der Waals surface area (Å²) in [5.74, 6) is 0. The van der Waals surface area contributed by atoms with Crippen LogP contribution in [0.5, 0.6) is 0 Å². The van der Waals surface area contributed by atoms with Gasteiger partial charge < -0.3 is 9.32 Å². The maximum Gasteiger partial charge on any atom is 0.140 e. The molecule has 2 nitrogen and oxygen atoms in total. The third-order valence-corrected chi connectivity index (χ3v) is 14.9. The quantitative estimate of drug-likeness (QED) is 0.177. The maximum atomic E-state index is 7.17.